The first-order valence-corrected chi connectivity index (χ1v) is 3.25. The Labute approximate surface area is 56.3 Å². The minimum absolute atomic E-state index is 0.329. The van der Waals surface area contributed by atoms with Gasteiger partial charge in [-0.15, -0.1) is 0 Å². The van der Waals surface area contributed by atoms with Gasteiger partial charge in [0.1, 0.15) is 0 Å². The molecule has 1 heterocycles. The number of thiazole rings is 1. The molecule has 0 unspecified atom stereocenters. The van der Waals surface area contributed by atoms with Crippen LogP contribution in [-0.4, -0.2) is 11.0 Å². The molecule has 0 saturated heterocycles. The molecule has 0 radical (unpaired) electrons. The zero-order chi connectivity index (χ0) is 6.69. The lowest BCUT2D eigenvalue weighted by Gasteiger charge is -1.90. The van der Waals surface area contributed by atoms with Crippen LogP contribution in [-0.2, 0) is 4.79 Å². The quantitative estimate of drug-likeness (QED) is 0.552. The van der Waals surface area contributed by atoms with E-state index in [-0.39, 0.29) is 5.97 Å². The molecule has 1 aromatic heterocycles. The van der Waals surface area contributed by atoms with E-state index >= 15 is 0 Å². The van der Waals surface area contributed by atoms with Gasteiger partial charge < -0.3 is 4.74 Å². The Kier molecular flexibility index (Phi) is 1.79. The molecule has 4 heteroatoms. The summed E-state index contributed by atoms with van der Waals surface area (Å²) in [6.07, 6.45) is 1.59. The smallest absolute Gasteiger partial charge is 0.309 e. The van der Waals surface area contributed by atoms with Crippen molar-refractivity contribution >= 4 is 17.3 Å². The van der Waals surface area contributed by atoms with Crippen LogP contribution in [0.2, 0.25) is 0 Å². The fraction of sp³-hybridized carbons (Fsp3) is 0.200. The number of carbonyl (C=O) groups is 1. The molecule has 0 atom stereocenters. The fourth-order valence-corrected chi connectivity index (χ4v) is 0.909. The molecule has 3 nitrogen and oxygen atoms in total. The van der Waals surface area contributed by atoms with E-state index in [1.807, 2.05) is 0 Å². The van der Waals surface area contributed by atoms with E-state index in [2.05, 4.69) is 9.72 Å². The van der Waals surface area contributed by atoms with Crippen molar-refractivity contribution in [1.29, 1.82) is 0 Å². The number of hydrogen-bond donors (Lipinski definition) is 0. The maximum atomic E-state index is 10.3. The van der Waals surface area contributed by atoms with E-state index in [0.29, 0.717) is 5.19 Å². The van der Waals surface area contributed by atoms with Crippen LogP contribution in [0.1, 0.15) is 6.92 Å². The number of ether oxygens (including phenoxy) is 1. The summed E-state index contributed by atoms with van der Waals surface area (Å²) in [5.74, 6) is -0.329. The lowest BCUT2D eigenvalue weighted by atomic mass is 10.8. The summed E-state index contributed by atoms with van der Waals surface area (Å²) in [5, 5.41) is 2.15. The SMILES string of the molecule is CC(=O)Oc1nccs1. The molecule has 0 saturated carbocycles. The Morgan fingerprint density at radius 1 is 1.89 bits per heavy atom. The average molecular weight is 143 g/mol. The largest absolute Gasteiger partial charge is 0.398 e. The zero-order valence-electron chi connectivity index (χ0n) is 4.83. The second-order valence-corrected chi connectivity index (χ2v) is 2.25. The summed E-state index contributed by atoms with van der Waals surface area (Å²) < 4.78 is 4.62. The van der Waals surface area contributed by atoms with Crippen LogP contribution in [0.25, 0.3) is 0 Å². The zero-order valence-corrected chi connectivity index (χ0v) is 5.64. The summed E-state index contributed by atoms with van der Waals surface area (Å²) >= 11 is 1.30. The summed E-state index contributed by atoms with van der Waals surface area (Å²) in [6, 6.07) is 0. The molecule has 0 aliphatic carbocycles. The topological polar surface area (TPSA) is 39.2 Å². The van der Waals surface area contributed by atoms with Gasteiger partial charge in [-0.2, -0.15) is 0 Å². The molecule has 0 aliphatic heterocycles. The molecule has 0 fully saturated rings. The van der Waals surface area contributed by atoms with Crippen molar-refractivity contribution in [3.8, 4) is 5.19 Å². The van der Waals surface area contributed by atoms with E-state index in [1.54, 1.807) is 11.6 Å². The molecule has 0 spiro atoms. The van der Waals surface area contributed by atoms with Crippen LogP contribution in [0, 0.1) is 0 Å². The van der Waals surface area contributed by atoms with Crippen LogP contribution >= 0.6 is 11.3 Å². The summed E-state index contributed by atoms with van der Waals surface area (Å²) in [4.78, 5) is 14.0. The highest BCUT2D eigenvalue weighted by Gasteiger charge is 1.97. The number of carbonyl (C=O) groups excluding carboxylic acids is 1. The fourth-order valence-electron chi connectivity index (χ4n) is 0.384. The molecule has 1 rings (SSSR count). The minimum Gasteiger partial charge on any atom is -0.398 e. The molecule has 0 N–H and O–H groups in total. The molecule has 1 aromatic rings. The number of nitrogens with zero attached hydrogens (tertiary/aromatic N) is 1. The summed E-state index contributed by atoms with van der Waals surface area (Å²) in [7, 11) is 0. The van der Waals surface area contributed by atoms with Crippen molar-refractivity contribution < 1.29 is 9.53 Å². The molecule has 0 amide bonds. The Morgan fingerprint density at radius 2 is 2.67 bits per heavy atom. The molecule has 0 bridgehead atoms. The number of esters is 1. The van der Waals surface area contributed by atoms with Crippen molar-refractivity contribution in [2.45, 2.75) is 6.92 Å². The predicted molar refractivity (Wildman–Crippen MR) is 33.4 cm³/mol. The number of rotatable bonds is 1. The van der Waals surface area contributed by atoms with Crippen molar-refractivity contribution in [1.82, 2.24) is 4.98 Å². The number of hydrogen-bond acceptors (Lipinski definition) is 4. The van der Waals surface area contributed by atoms with Gasteiger partial charge in [-0.3, -0.25) is 4.79 Å². The Hall–Kier alpha value is -0.900. The van der Waals surface area contributed by atoms with Crippen molar-refractivity contribution in [3.63, 3.8) is 0 Å². The van der Waals surface area contributed by atoms with E-state index < -0.39 is 0 Å². The van der Waals surface area contributed by atoms with Crippen LogP contribution in [0.3, 0.4) is 0 Å². The van der Waals surface area contributed by atoms with Crippen LogP contribution in [0.5, 0.6) is 5.19 Å². The van der Waals surface area contributed by atoms with Gasteiger partial charge in [0.05, 0.1) is 0 Å². The maximum absolute atomic E-state index is 10.3. The summed E-state index contributed by atoms with van der Waals surface area (Å²) in [6.45, 7) is 1.35. The third-order valence-corrected chi connectivity index (χ3v) is 1.29. The monoisotopic (exact) mass is 143 g/mol. The lowest BCUT2D eigenvalue weighted by molar-refractivity contribution is -0.131. The first-order chi connectivity index (χ1) is 4.29. The van der Waals surface area contributed by atoms with Gasteiger partial charge in [-0.1, -0.05) is 11.3 Å². The summed E-state index contributed by atoms with van der Waals surface area (Å²) in [5.41, 5.74) is 0. The Morgan fingerprint density at radius 3 is 3.11 bits per heavy atom. The van der Waals surface area contributed by atoms with E-state index in [9.17, 15) is 4.79 Å². The van der Waals surface area contributed by atoms with Crippen molar-refractivity contribution in [3.05, 3.63) is 11.6 Å². The standard InChI is InChI=1S/C5H5NO2S/c1-4(7)8-5-6-2-3-9-5/h2-3H,1H3. The highest BCUT2D eigenvalue weighted by Crippen LogP contribution is 2.12. The van der Waals surface area contributed by atoms with Gasteiger partial charge in [0.25, 0.3) is 5.19 Å². The molecule has 9 heavy (non-hydrogen) atoms. The average Bonchev–Trinajstić information content (AvgIpc) is 2.15. The third-order valence-electron chi connectivity index (χ3n) is 0.641. The van der Waals surface area contributed by atoms with Crippen molar-refractivity contribution in [2.24, 2.45) is 0 Å². The minimum atomic E-state index is -0.329. The Bertz CT molecular complexity index is 195. The molecule has 0 aromatic carbocycles. The lowest BCUT2D eigenvalue weighted by Crippen LogP contribution is -2.00. The predicted octanol–water partition coefficient (Wildman–Crippen LogP) is 1.07. The van der Waals surface area contributed by atoms with Crippen LogP contribution in [0.15, 0.2) is 11.6 Å². The van der Waals surface area contributed by atoms with Crippen LogP contribution in [0.4, 0.5) is 0 Å². The van der Waals surface area contributed by atoms with Gasteiger partial charge in [0, 0.05) is 18.5 Å². The van der Waals surface area contributed by atoms with Gasteiger partial charge in [-0.05, 0) is 0 Å². The highest BCUT2D eigenvalue weighted by molar-refractivity contribution is 7.11. The Balaban J connectivity index is 2.58. The molecular weight excluding hydrogens is 138 g/mol. The van der Waals surface area contributed by atoms with E-state index in [4.69, 9.17) is 0 Å². The van der Waals surface area contributed by atoms with Crippen LogP contribution < -0.4 is 4.74 Å². The first kappa shape index (κ1) is 6.22. The van der Waals surface area contributed by atoms with Gasteiger partial charge >= 0.3 is 5.97 Å². The van der Waals surface area contributed by atoms with Gasteiger partial charge in [0.15, 0.2) is 0 Å². The highest BCUT2D eigenvalue weighted by atomic mass is 32.1. The van der Waals surface area contributed by atoms with Crippen molar-refractivity contribution in [2.75, 3.05) is 0 Å². The second-order valence-electron chi connectivity index (χ2n) is 1.39. The number of aromatic nitrogens is 1. The third kappa shape index (κ3) is 1.81. The van der Waals surface area contributed by atoms with E-state index in [0.717, 1.165) is 0 Å². The normalized spacial score (nSPS) is 9.00. The first-order valence-electron chi connectivity index (χ1n) is 2.37. The van der Waals surface area contributed by atoms with E-state index in [1.165, 1.54) is 18.3 Å². The van der Waals surface area contributed by atoms with Gasteiger partial charge in [-0.25, -0.2) is 4.98 Å². The van der Waals surface area contributed by atoms with Gasteiger partial charge in [0.2, 0.25) is 0 Å². The molecule has 0 aliphatic rings. The maximum Gasteiger partial charge on any atom is 0.309 e. The molecule has 48 valence electrons. The molecular formula is C5H5NO2S. The second kappa shape index (κ2) is 2.59.